The Kier molecular flexibility index (Phi) is 5.09. The minimum Gasteiger partial charge on any atom is -0.329 e. The lowest BCUT2D eigenvalue weighted by Gasteiger charge is -2.32. The van der Waals surface area contributed by atoms with E-state index in [0.717, 1.165) is 12.1 Å². The highest BCUT2D eigenvalue weighted by Gasteiger charge is 2.24. The summed E-state index contributed by atoms with van der Waals surface area (Å²) in [4.78, 5) is 2.09. The average Bonchev–Trinajstić information content (AvgIpc) is 2.96. The van der Waals surface area contributed by atoms with E-state index in [9.17, 15) is 4.39 Å². The molecule has 2 atom stereocenters. The molecule has 0 aliphatic rings. The summed E-state index contributed by atoms with van der Waals surface area (Å²) in [6, 6.07) is 6.82. The molecule has 0 aliphatic heterocycles. The van der Waals surface area contributed by atoms with Gasteiger partial charge in [-0.3, -0.25) is 9.58 Å². The summed E-state index contributed by atoms with van der Waals surface area (Å²) in [6.07, 6.45) is 3.84. The number of benzene rings is 1. The van der Waals surface area contributed by atoms with Gasteiger partial charge in [0.2, 0.25) is 0 Å². The van der Waals surface area contributed by atoms with Crippen molar-refractivity contribution in [1.82, 2.24) is 14.7 Å². The second-order valence-corrected chi connectivity index (χ2v) is 5.24. The zero-order valence-corrected chi connectivity index (χ0v) is 12.8. The van der Waals surface area contributed by atoms with Crippen LogP contribution in [0.15, 0.2) is 36.7 Å². The van der Waals surface area contributed by atoms with Crippen LogP contribution in [-0.4, -0.2) is 28.3 Å². The quantitative estimate of drug-likeness (QED) is 0.890. The highest BCUT2D eigenvalue weighted by Crippen LogP contribution is 2.29. The molecule has 5 heteroatoms. The molecule has 0 bridgehead atoms. The molecule has 1 aromatic heterocycles. The maximum Gasteiger partial charge on any atom is 0.127 e. The largest absolute Gasteiger partial charge is 0.329 e. The van der Waals surface area contributed by atoms with E-state index >= 15 is 0 Å². The molecule has 1 aromatic carbocycles. The van der Waals surface area contributed by atoms with E-state index in [1.807, 2.05) is 50.1 Å². The maximum absolute atomic E-state index is 14.0. The Morgan fingerprint density at radius 2 is 2.10 bits per heavy atom. The van der Waals surface area contributed by atoms with Crippen molar-refractivity contribution in [2.45, 2.75) is 32.5 Å². The van der Waals surface area contributed by atoms with E-state index in [-0.39, 0.29) is 17.9 Å². The molecule has 114 valence electrons. The summed E-state index contributed by atoms with van der Waals surface area (Å²) in [6.45, 7) is 5.32. The normalized spacial score (nSPS) is 14.4. The molecular weight excluding hydrogens is 267 g/mol. The Bertz CT molecular complexity index is 581. The second kappa shape index (κ2) is 6.83. The summed E-state index contributed by atoms with van der Waals surface area (Å²) in [5.74, 6) is -0.183. The lowest BCUT2D eigenvalue weighted by atomic mass is 10.0. The van der Waals surface area contributed by atoms with Gasteiger partial charge in [-0.1, -0.05) is 18.2 Å². The Morgan fingerprint density at radius 3 is 2.67 bits per heavy atom. The van der Waals surface area contributed by atoms with Gasteiger partial charge in [-0.2, -0.15) is 5.10 Å². The van der Waals surface area contributed by atoms with Crippen molar-refractivity contribution in [3.63, 3.8) is 0 Å². The van der Waals surface area contributed by atoms with Gasteiger partial charge in [0.05, 0.1) is 12.2 Å². The van der Waals surface area contributed by atoms with Crippen LogP contribution in [0.3, 0.4) is 0 Å². The van der Waals surface area contributed by atoms with Crippen LogP contribution in [0.25, 0.3) is 0 Å². The van der Waals surface area contributed by atoms with Crippen LogP contribution in [0.2, 0.25) is 0 Å². The summed E-state index contributed by atoms with van der Waals surface area (Å²) < 4.78 is 15.8. The fraction of sp³-hybridized carbons (Fsp3) is 0.438. The number of aryl methyl sites for hydroxylation is 1. The first kappa shape index (κ1) is 15.7. The average molecular weight is 290 g/mol. The van der Waals surface area contributed by atoms with Gasteiger partial charge in [-0.25, -0.2) is 4.39 Å². The molecule has 2 N–H and O–H groups in total. The number of nitrogens with zero attached hydrogens (tertiary/aromatic N) is 3. The fourth-order valence-corrected chi connectivity index (χ4v) is 2.57. The first-order valence-corrected chi connectivity index (χ1v) is 7.27. The SMILES string of the molecule is CCn1cc(C(CN)N(C)C(C)c2ccccc2F)cn1. The van der Waals surface area contributed by atoms with Crippen molar-refractivity contribution < 1.29 is 4.39 Å². The monoisotopic (exact) mass is 290 g/mol. The van der Waals surface area contributed by atoms with Gasteiger partial charge in [0.15, 0.2) is 0 Å². The lowest BCUT2D eigenvalue weighted by molar-refractivity contribution is 0.187. The Labute approximate surface area is 125 Å². The van der Waals surface area contributed by atoms with E-state index in [2.05, 4.69) is 10.00 Å². The molecule has 0 radical (unpaired) electrons. The Hall–Kier alpha value is -1.72. The van der Waals surface area contributed by atoms with Gasteiger partial charge in [0.1, 0.15) is 5.82 Å². The van der Waals surface area contributed by atoms with Gasteiger partial charge >= 0.3 is 0 Å². The standard InChI is InChI=1S/C16H23FN4/c1-4-21-11-13(10-19-21)16(9-18)20(3)12(2)14-7-5-6-8-15(14)17/h5-8,10-12,16H,4,9,18H2,1-3H3. The summed E-state index contributed by atoms with van der Waals surface area (Å²) in [5.41, 5.74) is 7.68. The number of likely N-dealkylation sites (N-methyl/N-ethyl adjacent to an activating group) is 1. The highest BCUT2D eigenvalue weighted by molar-refractivity contribution is 5.22. The number of aromatic nitrogens is 2. The molecular formula is C16H23FN4. The van der Waals surface area contributed by atoms with Crippen LogP contribution in [-0.2, 0) is 6.54 Å². The Balaban J connectivity index is 2.23. The first-order chi connectivity index (χ1) is 10.1. The number of hydrogen-bond acceptors (Lipinski definition) is 3. The van der Waals surface area contributed by atoms with E-state index in [4.69, 9.17) is 5.73 Å². The predicted molar refractivity (Wildman–Crippen MR) is 82.3 cm³/mol. The first-order valence-electron chi connectivity index (χ1n) is 7.27. The smallest absolute Gasteiger partial charge is 0.127 e. The summed E-state index contributed by atoms with van der Waals surface area (Å²) in [7, 11) is 1.97. The molecule has 21 heavy (non-hydrogen) atoms. The fourth-order valence-electron chi connectivity index (χ4n) is 2.57. The van der Waals surface area contributed by atoms with Crippen LogP contribution >= 0.6 is 0 Å². The summed E-state index contributed by atoms with van der Waals surface area (Å²) in [5, 5.41) is 4.30. The van der Waals surface area contributed by atoms with Crippen LogP contribution in [0.5, 0.6) is 0 Å². The van der Waals surface area contributed by atoms with E-state index in [1.165, 1.54) is 6.07 Å². The summed E-state index contributed by atoms with van der Waals surface area (Å²) >= 11 is 0. The zero-order chi connectivity index (χ0) is 15.4. The number of nitrogens with two attached hydrogens (primary N) is 1. The maximum atomic E-state index is 14.0. The molecule has 0 saturated carbocycles. The topological polar surface area (TPSA) is 47.1 Å². The van der Waals surface area contributed by atoms with Crippen molar-refractivity contribution in [2.24, 2.45) is 5.73 Å². The molecule has 0 aliphatic carbocycles. The molecule has 1 heterocycles. The van der Waals surface area contributed by atoms with E-state index < -0.39 is 0 Å². The molecule has 2 rings (SSSR count). The molecule has 0 fully saturated rings. The lowest BCUT2D eigenvalue weighted by Crippen LogP contribution is -2.32. The Morgan fingerprint density at radius 1 is 1.38 bits per heavy atom. The zero-order valence-electron chi connectivity index (χ0n) is 12.8. The number of halogens is 1. The van der Waals surface area contributed by atoms with Gasteiger partial charge < -0.3 is 5.73 Å². The van der Waals surface area contributed by atoms with E-state index in [1.54, 1.807) is 6.07 Å². The molecule has 0 spiro atoms. The van der Waals surface area contributed by atoms with Crippen LogP contribution < -0.4 is 5.73 Å². The van der Waals surface area contributed by atoms with Gasteiger partial charge in [0, 0.05) is 36.5 Å². The van der Waals surface area contributed by atoms with Crippen molar-refractivity contribution in [3.05, 3.63) is 53.6 Å². The number of hydrogen-bond donors (Lipinski definition) is 1. The van der Waals surface area contributed by atoms with Gasteiger partial charge in [0.25, 0.3) is 0 Å². The third-order valence-electron chi connectivity index (χ3n) is 4.04. The predicted octanol–water partition coefficient (Wildman–Crippen LogP) is 2.73. The van der Waals surface area contributed by atoms with Crippen LogP contribution in [0, 0.1) is 5.82 Å². The molecule has 2 aromatic rings. The van der Waals surface area contributed by atoms with Gasteiger partial charge in [-0.15, -0.1) is 0 Å². The molecule has 0 amide bonds. The van der Waals surface area contributed by atoms with Crippen LogP contribution in [0.1, 0.15) is 37.1 Å². The van der Waals surface area contributed by atoms with Crippen molar-refractivity contribution in [3.8, 4) is 0 Å². The third-order valence-corrected chi connectivity index (χ3v) is 4.04. The minimum atomic E-state index is -0.183. The van der Waals surface area contributed by atoms with Crippen molar-refractivity contribution >= 4 is 0 Å². The van der Waals surface area contributed by atoms with Crippen LogP contribution in [0.4, 0.5) is 4.39 Å². The van der Waals surface area contributed by atoms with Gasteiger partial charge in [-0.05, 0) is 27.0 Å². The molecule has 4 nitrogen and oxygen atoms in total. The minimum absolute atomic E-state index is 0.0138. The number of rotatable bonds is 6. The third kappa shape index (κ3) is 3.31. The highest BCUT2D eigenvalue weighted by atomic mass is 19.1. The van der Waals surface area contributed by atoms with Crippen molar-refractivity contribution in [1.29, 1.82) is 0 Å². The molecule has 0 saturated heterocycles. The van der Waals surface area contributed by atoms with E-state index in [0.29, 0.717) is 12.1 Å². The molecule has 2 unspecified atom stereocenters. The second-order valence-electron chi connectivity index (χ2n) is 5.24. The van der Waals surface area contributed by atoms with Crippen molar-refractivity contribution in [2.75, 3.05) is 13.6 Å².